The van der Waals surface area contributed by atoms with Crippen molar-refractivity contribution in [3.05, 3.63) is 52.6 Å². The molecular formula is C14H16BrN3O2S. The predicted octanol–water partition coefficient (Wildman–Crippen LogP) is 2.71. The molecule has 0 aliphatic rings. The van der Waals surface area contributed by atoms with Gasteiger partial charge in [0.15, 0.2) is 0 Å². The highest BCUT2D eigenvalue weighted by molar-refractivity contribution is 9.10. The topological polar surface area (TPSA) is 62.3 Å². The monoisotopic (exact) mass is 369 g/mol. The summed E-state index contributed by atoms with van der Waals surface area (Å²) in [5, 5.41) is 2.80. The molecule has 0 radical (unpaired) electrons. The molecule has 0 saturated heterocycles. The maximum atomic E-state index is 12.6. The lowest BCUT2D eigenvalue weighted by atomic mass is 10.2. The van der Waals surface area contributed by atoms with Crippen LogP contribution in [0.3, 0.4) is 0 Å². The number of benzene rings is 1. The Labute approximate surface area is 133 Å². The van der Waals surface area contributed by atoms with E-state index in [4.69, 9.17) is 0 Å². The summed E-state index contributed by atoms with van der Waals surface area (Å²) in [6.07, 6.45) is 1.56. The number of aromatic nitrogens is 1. The van der Waals surface area contributed by atoms with Crippen LogP contribution in [0.5, 0.6) is 0 Å². The Bertz CT molecular complexity index is 717. The van der Waals surface area contributed by atoms with E-state index in [-0.39, 0.29) is 4.90 Å². The average Bonchev–Trinajstić information content (AvgIpc) is 2.49. The molecule has 2 aromatic rings. The van der Waals surface area contributed by atoms with Crippen LogP contribution in [0.15, 0.2) is 52.0 Å². The van der Waals surface area contributed by atoms with E-state index in [0.29, 0.717) is 12.4 Å². The summed E-state index contributed by atoms with van der Waals surface area (Å²) in [5.74, 6) is 0.347. The molecule has 5 nitrogen and oxygen atoms in total. The van der Waals surface area contributed by atoms with Gasteiger partial charge in [0.1, 0.15) is 10.7 Å². The number of anilines is 1. The fraction of sp³-hybridized carbons (Fsp3) is 0.214. The van der Waals surface area contributed by atoms with E-state index in [0.717, 1.165) is 10.0 Å². The Hall–Kier alpha value is -1.44. The first-order valence-corrected chi connectivity index (χ1v) is 8.52. The van der Waals surface area contributed by atoms with Crippen molar-refractivity contribution < 1.29 is 8.42 Å². The van der Waals surface area contributed by atoms with Crippen LogP contribution in [0.25, 0.3) is 0 Å². The summed E-state index contributed by atoms with van der Waals surface area (Å²) >= 11 is 3.36. The van der Waals surface area contributed by atoms with Crippen molar-refractivity contribution >= 4 is 31.8 Å². The highest BCUT2D eigenvalue weighted by Gasteiger charge is 2.24. The maximum Gasteiger partial charge on any atom is 0.246 e. The van der Waals surface area contributed by atoms with Crippen LogP contribution in [-0.2, 0) is 16.6 Å². The first-order valence-electron chi connectivity index (χ1n) is 6.28. The zero-order valence-corrected chi connectivity index (χ0v) is 14.1. The van der Waals surface area contributed by atoms with Crippen LogP contribution in [-0.4, -0.2) is 31.8 Å². The van der Waals surface area contributed by atoms with Crippen LogP contribution >= 0.6 is 15.9 Å². The molecule has 2 rings (SSSR count). The Morgan fingerprint density at radius 3 is 2.52 bits per heavy atom. The number of halogens is 1. The molecule has 1 heterocycles. The second kappa shape index (κ2) is 6.55. The highest BCUT2D eigenvalue weighted by atomic mass is 79.9. The summed E-state index contributed by atoms with van der Waals surface area (Å²) in [6, 6.07) is 10.7. The van der Waals surface area contributed by atoms with Crippen LogP contribution in [0.1, 0.15) is 5.56 Å². The third-order valence-electron chi connectivity index (χ3n) is 3.01. The first kappa shape index (κ1) is 15.9. The van der Waals surface area contributed by atoms with Gasteiger partial charge in [0.2, 0.25) is 10.0 Å². The quantitative estimate of drug-likeness (QED) is 0.879. The smallest absolute Gasteiger partial charge is 0.246 e. The standard InChI is InChI=1S/C14H16BrN3O2S/c1-16-14-13(4-3-9-17-14)21(19,20)18(2)10-11-5-7-12(15)8-6-11/h3-9H,10H2,1-2H3,(H,16,17). The molecule has 0 spiro atoms. The van der Waals surface area contributed by atoms with E-state index < -0.39 is 10.0 Å². The van der Waals surface area contributed by atoms with Crippen molar-refractivity contribution in [1.29, 1.82) is 0 Å². The van der Waals surface area contributed by atoms with Gasteiger partial charge in [-0.1, -0.05) is 28.1 Å². The molecule has 0 atom stereocenters. The largest absolute Gasteiger partial charge is 0.372 e. The van der Waals surface area contributed by atoms with Crippen LogP contribution in [0.4, 0.5) is 5.82 Å². The van der Waals surface area contributed by atoms with Crippen LogP contribution in [0, 0.1) is 0 Å². The Balaban J connectivity index is 2.28. The van der Waals surface area contributed by atoms with E-state index >= 15 is 0 Å². The van der Waals surface area contributed by atoms with Crippen molar-refractivity contribution in [2.45, 2.75) is 11.4 Å². The summed E-state index contributed by atoms with van der Waals surface area (Å²) in [4.78, 5) is 4.21. The van der Waals surface area contributed by atoms with E-state index in [1.165, 1.54) is 4.31 Å². The van der Waals surface area contributed by atoms with Gasteiger partial charge in [-0.05, 0) is 29.8 Å². The van der Waals surface area contributed by atoms with Gasteiger partial charge < -0.3 is 5.32 Å². The second-order valence-corrected chi connectivity index (χ2v) is 7.42. The average molecular weight is 370 g/mol. The molecule has 21 heavy (non-hydrogen) atoms. The van der Waals surface area contributed by atoms with Crippen molar-refractivity contribution in [3.8, 4) is 0 Å². The molecule has 0 amide bonds. The zero-order chi connectivity index (χ0) is 15.5. The lowest BCUT2D eigenvalue weighted by Crippen LogP contribution is -2.27. The minimum absolute atomic E-state index is 0.173. The van der Waals surface area contributed by atoms with Crippen LogP contribution in [0.2, 0.25) is 0 Å². The van der Waals surface area contributed by atoms with E-state index in [1.807, 2.05) is 24.3 Å². The van der Waals surface area contributed by atoms with Gasteiger partial charge >= 0.3 is 0 Å². The molecule has 7 heteroatoms. The number of nitrogens with one attached hydrogen (secondary N) is 1. The van der Waals surface area contributed by atoms with Crippen LogP contribution < -0.4 is 5.32 Å². The van der Waals surface area contributed by atoms with E-state index in [2.05, 4.69) is 26.2 Å². The van der Waals surface area contributed by atoms with Gasteiger partial charge in [0, 0.05) is 31.3 Å². The number of rotatable bonds is 5. The predicted molar refractivity (Wildman–Crippen MR) is 86.6 cm³/mol. The van der Waals surface area contributed by atoms with Gasteiger partial charge in [0.25, 0.3) is 0 Å². The summed E-state index contributed by atoms with van der Waals surface area (Å²) in [5.41, 5.74) is 0.916. The Kier molecular flexibility index (Phi) is 4.97. The number of hydrogen-bond acceptors (Lipinski definition) is 4. The zero-order valence-electron chi connectivity index (χ0n) is 11.7. The fourth-order valence-electron chi connectivity index (χ4n) is 1.89. The maximum absolute atomic E-state index is 12.6. The van der Waals surface area contributed by atoms with Gasteiger partial charge in [0.05, 0.1) is 0 Å². The minimum Gasteiger partial charge on any atom is -0.372 e. The first-order chi connectivity index (χ1) is 9.95. The lowest BCUT2D eigenvalue weighted by Gasteiger charge is -2.18. The van der Waals surface area contributed by atoms with Gasteiger partial charge in [-0.25, -0.2) is 13.4 Å². The molecule has 1 aromatic heterocycles. The third-order valence-corrected chi connectivity index (χ3v) is 5.38. The Morgan fingerprint density at radius 2 is 1.90 bits per heavy atom. The van der Waals surface area contributed by atoms with Crippen molar-refractivity contribution in [3.63, 3.8) is 0 Å². The molecule has 0 aliphatic heterocycles. The number of sulfonamides is 1. The molecule has 0 bridgehead atoms. The van der Waals surface area contributed by atoms with Crippen molar-refractivity contribution in [2.24, 2.45) is 0 Å². The molecular weight excluding hydrogens is 354 g/mol. The number of pyridine rings is 1. The molecule has 0 unspecified atom stereocenters. The Morgan fingerprint density at radius 1 is 1.24 bits per heavy atom. The molecule has 1 aromatic carbocycles. The normalized spacial score (nSPS) is 11.6. The second-order valence-electron chi connectivity index (χ2n) is 4.49. The number of hydrogen-bond donors (Lipinski definition) is 1. The van der Waals surface area contributed by atoms with Gasteiger partial charge in [-0.2, -0.15) is 4.31 Å². The van der Waals surface area contributed by atoms with Gasteiger partial charge in [-0.3, -0.25) is 0 Å². The molecule has 0 fully saturated rings. The molecule has 0 saturated carbocycles. The van der Waals surface area contributed by atoms with Crippen molar-refractivity contribution in [1.82, 2.24) is 9.29 Å². The summed E-state index contributed by atoms with van der Waals surface area (Å²) < 4.78 is 27.5. The minimum atomic E-state index is -3.59. The van der Waals surface area contributed by atoms with E-state index in [1.54, 1.807) is 32.4 Å². The third kappa shape index (κ3) is 3.61. The molecule has 1 N–H and O–H groups in total. The summed E-state index contributed by atoms with van der Waals surface area (Å²) in [6.45, 7) is 0.299. The SMILES string of the molecule is CNc1ncccc1S(=O)(=O)N(C)Cc1ccc(Br)cc1. The van der Waals surface area contributed by atoms with E-state index in [9.17, 15) is 8.42 Å². The van der Waals surface area contributed by atoms with Gasteiger partial charge in [-0.15, -0.1) is 0 Å². The fourth-order valence-corrected chi connectivity index (χ4v) is 3.46. The molecule has 0 aliphatic carbocycles. The molecule has 112 valence electrons. The highest BCUT2D eigenvalue weighted by Crippen LogP contribution is 2.22. The summed E-state index contributed by atoms with van der Waals surface area (Å²) in [7, 11) is -0.385. The van der Waals surface area contributed by atoms with Crippen molar-refractivity contribution in [2.75, 3.05) is 19.4 Å². The lowest BCUT2D eigenvalue weighted by molar-refractivity contribution is 0.467. The number of nitrogens with zero attached hydrogens (tertiary/aromatic N) is 2.